The number of methoxy groups -OCH3 is 1. The van der Waals surface area contributed by atoms with E-state index in [9.17, 15) is 9.59 Å². The zero-order valence-corrected chi connectivity index (χ0v) is 9.53. The van der Waals surface area contributed by atoms with Crippen LogP contribution in [-0.4, -0.2) is 25.0 Å². The molecule has 5 heteroatoms. The predicted octanol–water partition coefficient (Wildman–Crippen LogP) is 0.224. The van der Waals surface area contributed by atoms with Crippen molar-refractivity contribution < 1.29 is 14.3 Å². The van der Waals surface area contributed by atoms with Crippen LogP contribution in [0.25, 0.3) is 0 Å². The SMILES string of the molecule is COC(=O)C(N)Cc1ccc2c(c1)CC(=O)N2. The monoisotopic (exact) mass is 234 g/mol. The Morgan fingerprint density at radius 2 is 2.35 bits per heavy atom. The van der Waals surface area contributed by atoms with Gasteiger partial charge in [0.05, 0.1) is 13.5 Å². The molecule has 0 bridgehead atoms. The van der Waals surface area contributed by atoms with Crippen LogP contribution in [-0.2, 0) is 27.2 Å². The lowest BCUT2D eigenvalue weighted by molar-refractivity contribution is -0.142. The fourth-order valence-electron chi connectivity index (χ4n) is 1.90. The number of hydrogen-bond donors (Lipinski definition) is 2. The van der Waals surface area contributed by atoms with Gasteiger partial charge in [-0.05, 0) is 23.6 Å². The van der Waals surface area contributed by atoms with Crippen LogP contribution in [0.2, 0.25) is 0 Å². The van der Waals surface area contributed by atoms with E-state index in [1.54, 1.807) is 0 Å². The summed E-state index contributed by atoms with van der Waals surface area (Å²) in [4.78, 5) is 22.4. The van der Waals surface area contributed by atoms with E-state index in [1.165, 1.54) is 7.11 Å². The molecule has 1 aliphatic heterocycles. The van der Waals surface area contributed by atoms with Crippen LogP contribution in [0.3, 0.4) is 0 Å². The van der Waals surface area contributed by atoms with Crippen LogP contribution in [0.1, 0.15) is 11.1 Å². The molecule has 0 saturated heterocycles. The molecular weight excluding hydrogens is 220 g/mol. The summed E-state index contributed by atoms with van der Waals surface area (Å²) in [6, 6.07) is 4.92. The van der Waals surface area contributed by atoms with E-state index in [0.29, 0.717) is 12.8 Å². The molecule has 2 rings (SSSR count). The summed E-state index contributed by atoms with van der Waals surface area (Å²) in [5.74, 6) is -0.436. The Balaban J connectivity index is 2.11. The van der Waals surface area contributed by atoms with E-state index in [0.717, 1.165) is 16.8 Å². The van der Waals surface area contributed by atoms with Gasteiger partial charge in [-0.2, -0.15) is 0 Å². The van der Waals surface area contributed by atoms with Crippen molar-refractivity contribution in [2.45, 2.75) is 18.9 Å². The summed E-state index contributed by atoms with van der Waals surface area (Å²) < 4.78 is 4.56. The van der Waals surface area contributed by atoms with E-state index in [4.69, 9.17) is 5.73 Å². The molecule has 0 aromatic heterocycles. The number of carbonyl (C=O) groups is 2. The Kier molecular flexibility index (Phi) is 3.10. The minimum Gasteiger partial charge on any atom is -0.468 e. The first kappa shape index (κ1) is 11.6. The molecule has 1 atom stereocenters. The van der Waals surface area contributed by atoms with Crippen molar-refractivity contribution in [3.63, 3.8) is 0 Å². The highest BCUT2D eigenvalue weighted by atomic mass is 16.5. The van der Waals surface area contributed by atoms with Crippen LogP contribution in [0.5, 0.6) is 0 Å². The van der Waals surface area contributed by atoms with Gasteiger partial charge >= 0.3 is 5.97 Å². The largest absolute Gasteiger partial charge is 0.468 e. The van der Waals surface area contributed by atoms with Crippen LogP contribution in [0.15, 0.2) is 18.2 Å². The Bertz CT molecular complexity index is 471. The van der Waals surface area contributed by atoms with E-state index < -0.39 is 12.0 Å². The van der Waals surface area contributed by atoms with E-state index in [2.05, 4.69) is 10.1 Å². The molecule has 17 heavy (non-hydrogen) atoms. The first-order valence-corrected chi connectivity index (χ1v) is 5.35. The molecule has 1 amide bonds. The first-order chi connectivity index (χ1) is 8.10. The number of ether oxygens (including phenoxy) is 1. The zero-order valence-electron chi connectivity index (χ0n) is 9.53. The van der Waals surface area contributed by atoms with Gasteiger partial charge in [-0.25, -0.2) is 0 Å². The van der Waals surface area contributed by atoms with Gasteiger partial charge in [-0.15, -0.1) is 0 Å². The number of hydrogen-bond acceptors (Lipinski definition) is 4. The highest BCUT2D eigenvalue weighted by Crippen LogP contribution is 2.24. The van der Waals surface area contributed by atoms with E-state index >= 15 is 0 Å². The first-order valence-electron chi connectivity index (χ1n) is 5.35. The Labute approximate surface area is 98.9 Å². The molecule has 1 heterocycles. The van der Waals surface area contributed by atoms with E-state index in [-0.39, 0.29) is 5.91 Å². The van der Waals surface area contributed by atoms with Crippen molar-refractivity contribution in [1.82, 2.24) is 0 Å². The fraction of sp³-hybridized carbons (Fsp3) is 0.333. The maximum Gasteiger partial charge on any atom is 0.322 e. The van der Waals surface area contributed by atoms with Crippen LogP contribution in [0.4, 0.5) is 5.69 Å². The third kappa shape index (κ3) is 2.45. The second kappa shape index (κ2) is 4.55. The predicted molar refractivity (Wildman–Crippen MR) is 62.5 cm³/mol. The number of rotatable bonds is 3. The summed E-state index contributed by atoms with van der Waals surface area (Å²) in [6.07, 6.45) is 0.796. The molecule has 1 aromatic rings. The van der Waals surface area contributed by atoms with Gasteiger partial charge in [0.25, 0.3) is 0 Å². The molecule has 0 spiro atoms. The van der Waals surface area contributed by atoms with Gasteiger partial charge in [-0.1, -0.05) is 12.1 Å². The highest BCUT2D eigenvalue weighted by Gasteiger charge is 2.19. The third-order valence-corrected chi connectivity index (χ3v) is 2.75. The Hall–Kier alpha value is -1.88. The minimum atomic E-state index is -0.664. The molecule has 1 aliphatic rings. The van der Waals surface area contributed by atoms with Gasteiger partial charge in [-0.3, -0.25) is 9.59 Å². The second-order valence-corrected chi connectivity index (χ2v) is 4.05. The average molecular weight is 234 g/mol. The van der Waals surface area contributed by atoms with Crippen molar-refractivity contribution in [2.24, 2.45) is 5.73 Å². The smallest absolute Gasteiger partial charge is 0.322 e. The van der Waals surface area contributed by atoms with Gasteiger partial charge in [0, 0.05) is 5.69 Å². The lowest BCUT2D eigenvalue weighted by atomic mass is 10.0. The Morgan fingerprint density at radius 1 is 1.59 bits per heavy atom. The van der Waals surface area contributed by atoms with Crippen LogP contribution >= 0.6 is 0 Å². The summed E-state index contributed by atoms with van der Waals surface area (Å²) in [6.45, 7) is 0. The number of esters is 1. The van der Waals surface area contributed by atoms with Gasteiger partial charge < -0.3 is 15.8 Å². The molecule has 1 aromatic carbocycles. The van der Waals surface area contributed by atoms with Gasteiger partial charge in [0.15, 0.2) is 0 Å². The van der Waals surface area contributed by atoms with Crippen molar-refractivity contribution in [1.29, 1.82) is 0 Å². The lowest BCUT2D eigenvalue weighted by Crippen LogP contribution is -2.33. The molecule has 5 nitrogen and oxygen atoms in total. The number of fused-ring (bicyclic) bond motifs is 1. The van der Waals surface area contributed by atoms with Gasteiger partial charge in [0.1, 0.15) is 6.04 Å². The molecule has 0 aliphatic carbocycles. The molecule has 0 radical (unpaired) electrons. The number of nitrogens with two attached hydrogens (primary N) is 1. The van der Waals surface area contributed by atoms with Gasteiger partial charge in [0.2, 0.25) is 5.91 Å². The maximum absolute atomic E-state index is 11.2. The van der Waals surface area contributed by atoms with Crippen LogP contribution in [0, 0.1) is 0 Å². The number of carbonyl (C=O) groups excluding carboxylic acids is 2. The summed E-state index contributed by atoms with van der Waals surface area (Å²) >= 11 is 0. The fourth-order valence-corrected chi connectivity index (χ4v) is 1.90. The molecule has 0 fully saturated rings. The summed E-state index contributed by atoms with van der Waals surface area (Å²) in [5, 5.41) is 2.75. The summed E-state index contributed by atoms with van der Waals surface area (Å²) in [7, 11) is 1.31. The third-order valence-electron chi connectivity index (χ3n) is 2.75. The quantitative estimate of drug-likeness (QED) is 0.733. The maximum atomic E-state index is 11.2. The number of benzene rings is 1. The highest BCUT2D eigenvalue weighted by molar-refractivity contribution is 5.99. The van der Waals surface area contributed by atoms with E-state index in [1.807, 2.05) is 18.2 Å². The molecule has 90 valence electrons. The van der Waals surface area contributed by atoms with Crippen molar-refractivity contribution in [3.05, 3.63) is 29.3 Å². The molecular formula is C12H14N2O3. The number of nitrogens with one attached hydrogen (secondary N) is 1. The topological polar surface area (TPSA) is 81.4 Å². The second-order valence-electron chi connectivity index (χ2n) is 4.05. The van der Waals surface area contributed by atoms with Crippen molar-refractivity contribution in [3.8, 4) is 0 Å². The number of amides is 1. The molecule has 1 unspecified atom stereocenters. The molecule has 0 saturated carbocycles. The lowest BCUT2D eigenvalue weighted by Gasteiger charge is -2.10. The Morgan fingerprint density at radius 3 is 3.06 bits per heavy atom. The number of anilines is 1. The van der Waals surface area contributed by atoms with Crippen LogP contribution < -0.4 is 11.1 Å². The summed E-state index contributed by atoms with van der Waals surface area (Å²) in [5.41, 5.74) is 8.39. The minimum absolute atomic E-state index is 0.00517. The van der Waals surface area contributed by atoms with Crippen molar-refractivity contribution >= 4 is 17.6 Å². The normalized spacial score (nSPS) is 15.1. The molecule has 3 N–H and O–H groups in total. The van der Waals surface area contributed by atoms with Crippen molar-refractivity contribution in [2.75, 3.05) is 12.4 Å². The average Bonchev–Trinajstić information content (AvgIpc) is 2.67. The standard InChI is InChI=1S/C12H14N2O3/c1-17-12(16)9(13)5-7-2-3-10-8(4-7)6-11(15)14-10/h2-4,9H,5-6,13H2,1H3,(H,14,15). The zero-order chi connectivity index (χ0) is 12.4.